The van der Waals surface area contributed by atoms with Crippen molar-refractivity contribution in [1.29, 1.82) is 0 Å². The second-order valence-corrected chi connectivity index (χ2v) is 6.62. The van der Waals surface area contributed by atoms with Crippen LogP contribution in [0.25, 0.3) is 0 Å². The van der Waals surface area contributed by atoms with E-state index in [1.54, 1.807) is 0 Å². The third-order valence-corrected chi connectivity index (χ3v) is 4.64. The number of primary amides is 1. The molecule has 1 aromatic rings. The predicted molar refractivity (Wildman–Crippen MR) is 82.3 cm³/mol. The second-order valence-electron chi connectivity index (χ2n) is 6.62. The summed E-state index contributed by atoms with van der Waals surface area (Å²) in [7, 11) is 0. The van der Waals surface area contributed by atoms with Gasteiger partial charge in [-0.1, -0.05) is 12.1 Å². The number of carbonyl (C=O) groups excluding carboxylic acids is 1. The Morgan fingerprint density at radius 3 is 2.76 bits per heavy atom. The van der Waals surface area contributed by atoms with Crippen LogP contribution in [0.5, 0.6) is 5.75 Å². The summed E-state index contributed by atoms with van der Waals surface area (Å²) in [6, 6.07) is 6.69. The van der Waals surface area contributed by atoms with E-state index in [9.17, 15) is 4.79 Å². The van der Waals surface area contributed by atoms with E-state index in [2.05, 4.69) is 30.4 Å². The lowest BCUT2D eigenvalue weighted by Gasteiger charge is -2.27. The van der Waals surface area contributed by atoms with Crippen LogP contribution < -0.4 is 15.8 Å². The Hall–Kier alpha value is -1.55. The molecule has 0 bridgehead atoms. The monoisotopic (exact) mass is 288 g/mol. The van der Waals surface area contributed by atoms with Gasteiger partial charge in [-0.15, -0.1) is 0 Å². The van der Waals surface area contributed by atoms with Gasteiger partial charge in [-0.05, 0) is 56.7 Å². The second kappa shape index (κ2) is 5.34. The van der Waals surface area contributed by atoms with E-state index >= 15 is 0 Å². The highest BCUT2D eigenvalue weighted by molar-refractivity contribution is 5.85. The standard InChI is InChI=1S/C17H24N2O2/c1-11-3-4-12(2)15(9-11)21-14-7-8-17(10-14,16(18)20)19-13-5-6-13/h3-4,9,13-14,19H,5-8,10H2,1-2H3,(H2,18,20). The van der Waals surface area contributed by atoms with Crippen LogP contribution in [0.15, 0.2) is 18.2 Å². The fourth-order valence-electron chi connectivity index (χ4n) is 3.16. The highest BCUT2D eigenvalue weighted by atomic mass is 16.5. The molecule has 0 radical (unpaired) electrons. The van der Waals surface area contributed by atoms with Gasteiger partial charge in [-0.2, -0.15) is 0 Å². The molecular formula is C17H24N2O2. The first-order chi connectivity index (χ1) is 9.98. The molecule has 0 heterocycles. The first-order valence-electron chi connectivity index (χ1n) is 7.80. The third kappa shape index (κ3) is 3.05. The van der Waals surface area contributed by atoms with E-state index in [-0.39, 0.29) is 12.0 Å². The minimum Gasteiger partial charge on any atom is -0.490 e. The fraction of sp³-hybridized carbons (Fsp3) is 0.588. The number of nitrogens with two attached hydrogens (primary N) is 1. The summed E-state index contributed by atoms with van der Waals surface area (Å²) in [5.41, 5.74) is 7.41. The van der Waals surface area contributed by atoms with Crippen LogP contribution in [0.4, 0.5) is 0 Å². The van der Waals surface area contributed by atoms with Crippen molar-refractivity contribution in [2.45, 2.75) is 63.6 Å². The maximum absolute atomic E-state index is 11.9. The molecule has 114 valence electrons. The molecule has 3 rings (SSSR count). The van der Waals surface area contributed by atoms with Crippen LogP contribution in [-0.4, -0.2) is 23.6 Å². The summed E-state index contributed by atoms with van der Waals surface area (Å²) in [4.78, 5) is 11.9. The van der Waals surface area contributed by atoms with Gasteiger partial charge in [0.2, 0.25) is 5.91 Å². The van der Waals surface area contributed by atoms with Gasteiger partial charge in [-0.3, -0.25) is 4.79 Å². The molecule has 0 spiro atoms. The molecule has 0 aromatic heterocycles. The molecule has 2 unspecified atom stereocenters. The average Bonchev–Trinajstić information content (AvgIpc) is 3.14. The average molecular weight is 288 g/mol. The maximum atomic E-state index is 11.9. The number of ether oxygens (including phenoxy) is 1. The van der Waals surface area contributed by atoms with Crippen molar-refractivity contribution >= 4 is 5.91 Å². The van der Waals surface area contributed by atoms with E-state index in [1.807, 2.05) is 6.92 Å². The van der Waals surface area contributed by atoms with Crippen molar-refractivity contribution < 1.29 is 9.53 Å². The molecular weight excluding hydrogens is 264 g/mol. The van der Waals surface area contributed by atoms with Gasteiger partial charge in [0.25, 0.3) is 0 Å². The zero-order chi connectivity index (χ0) is 15.0. The molecule has 2 fully saturated rings. The summed E-state index contributed by atoms with van der Waals surface area (Å²) in [6.45, 7) is 4.11. The molecule has 2 saturated carbocycles. The van der Waals surface area contributed by atoms with Crippen molar-refractivity contribution in [3.8, 4) is 5.75 Å². The molecule has 0 saturated heterocycles. The summed E-state index contributed by atoms with van der Waals surface area (Å²) < 4.78 is 6.15. The number of rotatable bonds is 5. The Bertz CT molecular complexity index is 554. The summed E-state index contributed by atoms with van der Waals surface area (Å²) >= 11 is 0. The molecule has 4 nitrogen and oxygen atoms in total. The third-order valence-electron chi connectivity index (χ3n) is 4.64. The Morgan fingerprint density at radius 2 is 2.10 bits per heavy atom. The van der Waals surface area contributed by atoms with Crippen LogP contribution in [-0.2, 0) is 4.79 Å². The molecule has 2 aliphatic carbocycles. The lowest BCUT2D eigenvalue weighted by atomic mass is 9.96. The Kier molecular flexibility index (Phi) is 3.66. The van der Waals surface area contributed by atoms with Crippen LogP contribution in [0.1, 0.15) is 43.2 Å². The van der Waals surface area contributed by atoms with Gasteiger partial charge >= 0.3 is 0 Å². The molecule has 2 aliphatic rings. The van der Waals surface area contributed by atoms with E-state index in [1.165, 1.54) is 5.56 Å². The lowest BCUT2D eigenvalue weighted by Crippen LogP contribution is -2.55. The molecule has 0 aliphatic heterocycles. The Morgan fingerprint density at radius 1 is 1.33 bits per heavy atom. The van der Waals surface area contributed by atoms with Crippen molar-refractivity contribution in [2.75, 3.05) is 0 Å². The van der Waals surface area contributed by atoms with Crippen molar-refractivity contribution in [3.63, 3.8) is 0 Å². The summed E-state index contributed by atoms with van der Waals surface area (Å²) in [5, 5.41) is 3.45. The summed E-state index contributed by atoms with van der Waals surface area (Å²) in [6.07, 6.45) is 4.68. The van der Waals surface area contributed by atoms with Gasteiger partial charge < -0.3 is 15.8 Å². The first-order valence-corrected chi connectivity index (χ1v) is 7.80. The minimum atomic E-state index is -0.566. The molecule has 3 N–H and O–H groups in total. The maximum Gasteiger partial charge on any atom is 0.237 e. The van der Waals surface area contributed by atoms with Crippen LogP contribution in [0, 0.1) is 13.8 Å². The van der Waals surface area contributed by atoms with Crippen LogP contribution in [0.3, 0.4) is 0 Å². The van der Waals surface area contributed by atoms with Gasteiger partial charge in [-0.25, -0.2) is 0 Å². The Labute approximate surface area is 126 Å². The minimum absolute atomic E-state index is 0.0595. The number of carbonyl (C=O) groups is 1. The van der Waals surface area contributed by atoms with Crippen molar-refractivity contribution in [2.24, 2.45) is 5.73 Å². The number of hydrogen-bond acceptors (Lipinski definition) is 3. The number of amides is 1. The normalized spacial score (nSPS) is 28.6. The summed E-state index contributed by atoms with van der Waals surface area (Å²) in [5.74, 6) is 0.688. The number of nitrogens with one attached hydrogen (secondary N) is 1. The smallest absolute Gasteiger partial charge is 0.237 e. The zero-order valence-electron chi connectivity index (χ0n) is 12.8. The number of hydrogen-bond donors (Lipinski definition) is 2. The molecule has 1 aromatic carbocycles. The van der Waals surface area contributed by atoms with E-state index in [0.717, 1.165) is 37.0 Å². The van der Waals surface area contributed by atoms with Crippen molar-refractivity contribution in [3.05, 3.63) is 29.3 Å². The molecule has 2 atom stereocenters. The van der Waals surface area contributed by atoms with Crippen LogP contribution in [0.2, 0.25) is 0 Å². The highest BCUT2D eigenvalue weighted by Gasteiger charge is 2.47. The van der Waals surface area contributed by atoms with Gasteiger partial charge in [0.15, 0.2) is 0 Å². The van der Waals surface area contributed by atoms with E-state index in [4.69, 9.17) is 10.5 Å². The SMILES string of the molecule is Cc1ccc(C)c(OC2CCC(NC3CC3)(C(N)=O)C2)c1. The lowest BCUT2D eigenvalue weighted by molar-refractivity contribution is -0.124. The highest BCUT2D eigenvalue weighted by Crippen LogP contribution is 2.36. The van der Waals surface area contributed by atoms with Gasteiger partial charge in [0, 0.05) is 12.5 Å². The quantitative estimate of drug-likeness (QED) is 0.873. The number of benzene rings is 1. The van der Waals surface area contributed by atoms with Crippen molar-refractivity contribution in [1.82, 2.24) is 5.32 Å². The van der Waals surface area contributed by atoms with Gasteiger partial charge in [0.05, 0.1) is 0 Å². The molecule has 1 amide bonds. The first kappa shape index (κ1) is 14.4. The van der Waals surface area contributed by atoms with Crippen LogP contribution >= 0.6 is 0 Å². The topological polar surface area (TPSA) is 64.3 Å². The fourth-order valence-corrected chi connectivity index (χ4v) is 3.16. The molecule has 21 heavy (non-hydrogen) atoms. The van der Waals surface area contributed by atoms with E-state index in [0.29, 0.717) is 12.5 Å². The van der Waals surface area contributed by atoms with E-state index < -0.39 is 5.54 Å². The number of aryl methyl sites for hydroxylation is 2. The molecule has 4 heteroatoms. The largest absolute Gasteiger partial charge is 0.490 e. The Balaban J connectivity index is 1.70. The van der Waals surface area contributed by atoms with Gasteiger partial charge in [0.1, 0.15) is 17.4 Å². The predicted octanol–water partition coefficient (Wildman–Crippen LogP) is 2.21. The zero-order valence-corrected chi connectivity index (χ0v) is 12.8.